The van der Waals surface area contributed by atoms with E-state index in [0.29, 0.717) is 5.88 Å². The summed E-state index contributed by atoms with van der Waals surface area (Å²) >= 11 is 0. The van der Waals surface area contributed by atoms with Crippen molar-refractivity contribution in [2.24, 2.45) is 0 Å². The number of hydrogen-bond donors (Lipinski definition) is 0. The van der Waals surface area contributed by atoms with Crippen LogP contribution in [0.1, 0.15) is 0 Å². The molecule has 3 heteroatoms. The molecule has 0 atom stereocenters. The molecule has 2 aromatic rings. The number of pyridine rings is 1. The van der Waals surface area contributed by atoms with Crippen LogP contribution in [-0.4, -0.2) is 12.1 Å². The fraction of sp³-hybridized carbons (Fsp3) is 0.100. The molecule has 2 nitrogen and oxygen atoms in total. The highest BCUT2D eigenvalue weighted by Gasteiger charge is 2.01. The van der Waals surface area contributed by atoms with E-state index < -0.39 is 0 Å². The predicted molar refractivity (Wildman–Crippen MR) is 48.3 cm³/mol. The molecular formula is C10H8FNO. The minimum Gasteiger partial charge on any atom is -0.481 e. The van der Waals surface area contributed by atoms with Crippen molar-refractivity contribution in [3.8, 4) is 5.88 Å². The number of fused-ring (bicyclic) bond motifs is 1. The van der Waals surface area contributed by atoms with E-state index in [0.717, 1.165) is 10.8 Å². The Hall–Kier alpha value is -1.64. The maximum absolute atomic E-state index is 12.8. The number of ether oxygens (including phenoxy) is 1. The lowest BCUT2D eigenvalue weighted by Gasteiger charge is -2.02. The van der Waals surface area contributed by atoms with Crippen LogP contribution in [0.2, 0.25) is 0 Å². The molecule has 0 N–H and O–H groups in total. The Labute approximate surface area is 75.0 Å². The molecule has 1 aromatic heterocycles. The maximum Gasteiger partial charge on any atom is 0.221 e. The van der Waals surface area contributed by atoms with Crippen LogP contribution >= 0.6 is 0 Å². The number of rotatable bonds is 1. The molecule has 1 heterocycles. The van der Waals surface area contributed by atoms with Gasteiger partial charge < -0.3 is 4.74 Å². The van der Waals surface area contributed by atoms with Crippen LogP contribution in [0.25, 0.3) is 10.8 Å². The van der Waals surface area contributed by atoms with Crippen molar-refractivity contribution in [3.63, 3.8) is 0 Å². The van der Waals surface area contributed by atoms with Gasteiger partial charge in [-0.3, -0.25) is 0 Å². The second-order valence-corrected chi connectivity index (χ2v) is 2.69. The van der Waals surface area contributed by atoms with E-state index >= 15 is 0 Å². The first-order valence-corrected chi connectivity index (χ1v) is 3.89. The molecule has 13 heavy (non-hydrogen) atoms. The summed E-state index contributed by atoms with van der Waals surface area (Å²) in [6, 6.07) is 6.27. The average molecular weight is 177 g/mol. The van der Waals surface area contributed by atoms with Crippen molar-refractivity contribution >= 4 is 10.8 Å². The van der Waals surface area contributed by atoms with Crippen molar-refractivity contribution in [1.82, 2.24) is 4.98 Å². The van der Waals surface area contributed by atoms with Crippen LogP contribution in [0, 0.1) is 5.82 Å². The van der Waals surface area contributed by atoms with Gasteiger partial charge in [0.05, 0.1) is 7.11 Å². The van der Waals surface area contributed by atoms with Gasteiger partial charge in [0.25, 0.3) is 0 Å². The summed E-state index contributed by atoms with van der Waals surface area (Å²) in [5, 5.41) is 1.62. The lowest BCUT2D eigenvalue weighted by molar-refractivity contribution is 0.403. The van der Waals surface area contributed by atoms with Crippen molar-refractivity contribution in [1.29, 1.82) is 0 Å². The van der Waals surface area contributed by atoms with Crippen LogP contribution in [0.4, 0.5) is 4.39 Å². The number of nitrogens with zero attached hydrogens (tertiary/aromatic N) is 1. The van der Waals surface area contributed by atoms with Gasteiger partial charge in [0.1, 0.15) is 5.82 Å². The lowest BCUT2D eigenvalue weighted by atomic mass is 10.2. The van der Waals surface area contributed by atoms with Crippen molar-refractivity contribution in [2.75, 3.05) is 7.11 Å². The number of hydrogen-bond acceptors (Lipinski definition) is 2. The van der Waals surface area contributed by atoms with Gasteiger partial charge in [-0.05, 0) is 29.7 Å². The van der Waals surface area contributed by atoms with E-state index in [1.54, 1.807) is 25.4 Å². The fourth-order valence-electron chi connectivity index (χ4n) is 1.28. The first-order valence-electron chi connectivity index (χ1n) is 3.89. The highest BCUT2D eigenvalue weighted by atomic mass is 19.1. The molecule has 0 aliphatic heterocycles. The van der Waals surface area contributed by atoms with Gasteiger partial charge in [-0.15, -0.1) is 0 Å². The molecule has 0 saturated carbocycles. The third-order valence-corrected chi connectivity index (χ3v) is 1.88. The van der Waals surface area contributed by atoms with Gasteiger partial charge >= 0.3 is 0 Å². The Kier molecular flexibility index (Phi) is 1.85. The summed E-state index contributed by atoms with van der Waals surface area (Å²) in [4.78, 5) is 4.01. The topological polar surface area (TPSA) is 22.1 Å². The molecule has 0 fully saturated rings. The Morgan fingerprint density at radius 3 is 2.92 bits per heavy atom. The number of halogens is 1. The van der Waals surface area contributed by atoms with Gasteiger partial charge in [0.2, 0.25) is 5.88 Å². The highest BCUT2D eigenvalue weighted by Crippen LogP contribution is 2.22. The molecule has 0 spiro atoms. The summed E-state index contributed by atoms with van der Waals surface area (Å²) in [5.74, 6) is 0.276. The molecule has 2 rings (SSSR count). The fourth-order valence-corrected chi connectivity index (χ4v) is 1.28. The van der Waals surface area contributed by atoms with Crippen molar-refractivity contribution in [3.05, 3.63) is 36.3 Å². The van der Waals surface area contributed by atoms with Gasteiger partial charge in [0.15, 0.2) is 0 Å². The number of aromatic nitrogens is 1. The quantitative estimate of drug-likeness (QED) is 0.667. The molecule has 1 aromatic carbocycles. The van der Waals surface area contributed by atoms with Crippen LogP contribution in [0.5, 0.6) is 5.88 Å². The average Bonchev–Trinajstić information content (AvgIpc) is 2.16. The largest absolute Gasteiger partial charge is 0.481 e. The van der Waals surface area contributed by atoms with Gasteiger partial charge in [-0.1, -0.05) is 0 Å². The Morgan fingerprint density at radius 1 is 1.31 bits per heavy atom. The summed E-state index contributed by atoms with van der Waals surface area (Å²) in [5.41, 5.74) is 0. The molecule has 66 valence electrons. The van der Waals surface area contributed by atoms with E-state index in [2.05, 4.69) is 4.98 Å². The first kappa shape index (κ1) is 7.98. The highest BCUT2D eigenvalue weighted by molar-refractivity contribution is 5.86. The van der Waals surface area contributed by atoms with E-state index in [4.69, 9.17) is 4.74 Å². The summed E-state index contributed by atoms with van der Waals surface area (Å²) in [6.07, 6.45) is 1.60. The molecule has 0 unspecified atom stereocenters. The smallest absolute Gasteiger partial charge is 0.221 e. The summed E-state index contributed by atoms with van der Waals surface area (Å²) in [6.45, 7) is 0. The van der Waals surface area contributed by atoms with Crippen molar-refractivity contribution < 1.29 is 9.13 Å². The van der Waals surface area contributed by atoms with Crippen LogP contribution in [0.3, 0.4) is 0 Å². The van der Waals surface area contributed by atoms with Crippen molar-refractivity contribution in [2.45, 2.75) is 0 Å². The summed E-state index contributed by atoms with van der Waals surface area (Å²) in [7, 11) is 1.55. The molecule has 0 saturated heterocycles. The van der Waals surface area contributed by atoms with Gasteiger partial charge in [0, 0.05) is 11.6 Å². The third-order valence-electron chi connectivity index (χ3n) is 1.88. The minimum atomic E-state index is -0.249. The number of benzene rings is 1. The predicted octanol–water partition coefficient (Wildman–Crippen LogP) is 2.38. The monoisotopic (exact) mass is 177 g/mol. The standard InChI is InChI=1S/C10H8FNO/c1-13-10-9-3-2-8(11)6-7(9)4-5-12-10/h2-6H,1H3. The molecule has 0 aliphatic rings. The van der Waals surface area contributed by atoms with E-state index in [9.17, 15) is 4.39 Å². The normalized spacial score (nSPS) is 10.3. The molecule has 0 amide bonds. The zero-order valence-corrected chi connectivity index (χ0v) is 7.12. The summed E-state index contributed by atoms with van der Waals surface area (Å²) < 4.78 is 17.8. The van der Waals surface area contributed by atoms with Crippen LogP contribution in [-0.2, 0) is 0 Å². The zero-order valence-electron chi connectivity index (χ0n) is 7.12. The lowest BCUT2D eigenvalue weighted by Crippen LogP contribution is -1.88. The SMILES string of the molecule is COc1nccc2cc(F)ccc12. The second-order valence-electron chi connectivity index (χ2n) is 2.69. The Bertz CT molecular complexity index is 442. The Balaban J connectivity index is 2.77. The van der Waals surface area contributed by atoms with Crippen LogP contribution < -0.4 is 4.74 Å². The number of methoxy groups -OCH3 is 1. The maximum atomic E-state index is 12.8. The molecule has 0 bridgehead atoms. The van der Waals surface area contributed by atoms with E-state index in [1.165, 1.54) is 12.1 Å². The van der Waals surface area contributed by atoms with E-state index in [-0.39, 0.29) is 5.82 Å². The van der Waals surface area contributed by atoms with E-state index in [1.807, 2.05) is 0 Å². The van der Waals surface area contributed by atoms with Gasteiger partial charge in [-0.25, -0.2) is 9.37 Å². The molecule has 0 aliphatic carbocycles. The Morgan fingerprint density at radius 2 is 2.15 bits per heavy atom. The molecule has 0 radical (unpaired) electrons. The zero-order chi connectivity index (χ0) is 9.26. The van der Waals surface area contributed by atoms with Gasteiger partial charge in [-0.2, -0.15) is 0 Å². The first-order chi connectivity index (χ1) is 6.31. The second kappa shape index (κ2) is 3.01. The third kappa shape index (κ3) is 1.33. The molecular weight excluding hydrogens is 169 g/mol. The van der Waals surface area contributed by atoms with Crippen LogP contribution in [0.15, 0.2) is 30.5 Å². The minimum absolute atomic E-state index is 0.249.